The van der Waals surface area contributed by atoms with Crippen LogP contribution in [0.25, 0.3) is 67.0 Å². The van der Waals surface area contributed by atoms with Crippen molar-refractivity contribution in [2.45, 2.75) is 146 Å². The van der Waals surface area contributed by atoms with E-state index in [1.807, 2.05) is 0 Å². The Labute approximate surface area is 780 Å². The zero-order valence-electron chi connectivity index (χ0n) is 66.9. The molecule has 726 valence electrons. The second-order valence-electron chi connectivity index (χ2n) is 30.3. The van der Waals surface area contributed by atoms with Gasteiger partial charge in [-0.05, 0) is 77.2 Å². The molecule has 20 N–H and O–H groups in total. The van der Waals surface area contributed by atoms with E-state index in [0.29, 0.717) is 22.4 Å². The van der Waals surface area contributed by atoms with Gasteiger partial charge in [0.15, 0.2) is 118 Å². The van der Waals surface area contributed by atoms with E-state index >= 15 is 26.3 Å². The molecule has 0 aliphatic carbocycles. The number of nitrogens with zero attached hydrogens (tertiary/aromatic N) is 20. The van der Waals surface area contributed by atoms with Gasteiger partial charge in [-0.3, -0.25) is 79.3 Å². The SMILES string of the molecule is Nc1nc2c(ncn2[C@@H]2O[C@@H]3COP(O)(=S)O[C@H]4[C@H](F)[C@H](n5cnc6c(N)ccnc65)O[C@@H]4COP(O)(=S)O[C@@H]2[C@@H]3F)c(=O)[nH]1.Nc1nc2c(ncn2[C@@H]2O[C@@H]3COP(O)(=S)O[C@H]4[C@H](F)[C@H](n5cnc6c(N)ccnc65)O[C@@H]4COP(O)(=S)O[C@@H]2[C@@H]3F)c(=O)[nH]1.Nc1nc2c(nnn2[C@@H]2S[C@@H]3COP(=O)(S)O[C@H]4[C@H](F)[C@H](n5nnc6c(N)ccnc65)O[C@@H]4COP(O)(=S)O[C@@H]2[C@@H]3F)c(=O)[nH]1. The topological polar surface area (TPSA) is 740 Å². The average Bonchev–Trinajstić information content (AvgIpc) is 1.63. The number of thiol groups is 1. The highest BCUT2D eigenvalue weighted by atomic mass is 32.7. The average molecular weight is 2150 g/mol. The predicted molar refractivity (Wildman–Crippen MR) is 472 cm³/mol. The molecule has 6 unspecified atom stereocenters. The maximum absolute atomic E-state index is 16.0. The third kappa shape index (κ3) is 18.8. The van der Waals surface area contributed by atoms with Crippen molar-refractivity contribution in [1.82, 2.24) is 113 Å². The second-order valence-corrected chi connectivity index (χ2v) is 48.5. The molecule has 9 aliphatic rings. The normalized spacial score (nSPS) is 37.7. The highest BCUT2D eigenvalue weighted by Gasteiger charge is 2.59. The number of hydrogen-bond acceptors (Lipinski definition) is 47. The third-order valence-electron chi connectivity index (χ3n) is 21.7. The van der Waals surface area contributed by atoms with Crippen molar-refractivity contribution in [2.24, 2.45) is 0 Å². The van der Waals surface area contributed by atoms with Crippen molar-refractivity contribution in [2.75, 3.05) is 74.0 Å². The van der Waals surface area contributed by atoms with Crippen LogP contribution in [-0.4, -0.2) is 287 Å². The lowest BCUT2D eigenvalue weighted by Crippen LogP contribution is -2.34. The smallest absolute Gasteiger partial charge is 0.386 e. The Hall–Kier alpha value is -7.55. The van der Waals surface area contributed by atoms with Crippen LogP contribution < -0.4 is 51.1 Å². The van der Waals surface area contributed by atoms with Gasteiger partial charge in [-0.25, -0.2) is 70.5 Å². The minimum Gasteiger partial charge on any atom is -0.397 e. The number of nitrogens with one attached hydrogen (secondary N) is 3. The lowest BCUT2D eigenvalue weighted by atomic mass is 10.1. The van der Waals surface area contributed by atoms with Gasteiger partial charge < -0.3 is 105 Å². The Morgan fingerprint density at radius 3 is 1.17 bits per heavy atom. The molecule has 12 aromatic heterocycles. The number of aromatic nitrogens is 23. The molecule has 21 rings (SSSR count). The summed E-state index contributed by atoms with van der Waals surface area (Å²) in [7, 11) is 0. The van der Waals surface area contributed by atoms with E-state index in [4.69, 9.17) is 171 Å². The predicted octanol–water partition coefficient (Wildman–Crippen LogP) is 1.68. The molecule has 9 aliphatic heterocycles. The minimum absolute atomic E-state index is 0.0852. The number of imidazole rings is 4. The summed E-state index contributed by atoms with van der Waals surface area (Å²) >= 11 is 30.6. The van der Waals surface area contributed by atoms with Crippen LogP contribution in [-0.2, 0) is 142 Å². The van der Waals surface area contributed by atoms with Gasteiger partial charge in [0.1, 0.15) is 89.7 Å². The molecule has 0 saturated carbocycles. The molecule has 74 heteroatoms. The number of ether oxygens (including phenoxy) is 5. The number of aromatic amines is 3. The molecule has 0 radical (unpaired) electrons. The molecular formula is C61H67F6N29O26P6S7. The van der Waals surface area contributed by atoms with Gasteiger partial charge >= 0.3 is 40.4 Å². The summed E-state index contributed by atoms with van der Waals surface area (Å²) in [6.45, 7) is -30.0. The zero-order chi connectivity index (χ0) is 95.5. The number of nitrogens with two attached hydrogens (primary N) is 6. The maximum Gasteiger partial charge on any atom is 0.386 e. The number of nitrogen functional groups attached to an aromatic ring is 6. The van der Waals surface area contributed by atoms with Crippen LogP contribution in [0, 0.1) is 0 Å². The number of rotatable bonds is 6. The van der Waals surface area contributed by atoms with Gasteiger partial charge in [-0.2, -0.15) is 19.6 Å². The molecular weight excluding hydrogens is 2080 g/mol. The van der Waals surface area contributed by atoms with Gasteiger partial charge in [0.25, 0.3) is 16.7 Å². The van der Waals surface area contributed by atoms with Gasteiger partial charge in [-0.15, -0.1) is 22.0 Å². The van der Waals surface area contributed by atoms with Crippen LogP contribution in [0.5, 0.6) is 0 Å². The first-order valence-electron chi connectivity index (χ1n) is 38.8. The Morgan fingerprint density at radius 2 is 0.719 bits per heavy atom. The second kappa shape index (κ2) is 36.8. The van der Waals surface area contributed by atoms with Crippen molar-refractivity contribution in [3.8, 4) is 0 Å². The first-order chi connectivity index (χ1) is 63.9. The third-order valence-corrected chi connectivity index (χ3v) is 32.7. The summed E-state index contributed by atoms with van der Waals surface area (Å²) in [6.07, 6.45) is -27.3. The van der Waals surface area contributed by atoms with Crippen LogP contribution >= 0.6 is 64.4 Å². The fourth-order valence-electron chi connectivity index (χ4n) is 15.7. The van der Waals surface area contributed by atoms with Crippen molar-refractivity contribution >= 4 is 225 Å². The fourth-order valence-corrected chi connectivity index (χ4v) is 25.9. The van der Waals surface area contributed by atoms with Gasteiger partial charge in [0, 0.05) is 18.6 Å². The molecule has 30 atom stereocenters. The molecule has 9 fully saturated rings. The van der Waals surface area contributed by atoms with Crippen molar-refractivity contribution in [3.05, 3.63) is 93.2 Å². The Bertz CT molecular complexity index is 6510. The number of thioether (sulfide) groups is 1. The lowest BCUT2D eigenvalue weighted by Gasteiger charge is -2.27. The number of H-pyrrole nitrogens is 3. The van der Waals surface area contributed by atoms with E-state index in [2.05, 4.69) is 97.7 Å². The Balaban J connectivity index is 0.000000130. The highest BCUT2D eigenvalue weighted by Crippen LogP contribution is 2.62. The van der Waals surface area contributed by atoms with Gasteiger partial charge in [-0.1, -0.05) is 22.7 Å². The van der Waals surface area contributed by atoms with E-state index in [9.17, 15) is 43.4 Å². The largest absolute Gasteiger partial charge is 0.397 e. The summed E-state index contributed by atoms with van der Waals surface area (Å²) < 4.78 is 211. The molecule has 21 heterocycles. The van der Waals surface area contributed by atoms with Gasteiger partial charge in [0.2, 0.25) is 17.8 Å². The molecule has 135 heavy (non-hydrogen) atoms. The van der Waals surface area contributed by atoms with E-state index in [1.54, 1.807) is 0 Å². The minimum atomic E-state index is -4.41. The number of halogens is 6. The monoisotopic (exact) mass is 2150 g/mol. The summed E-state index contributed by atoms with van der Waals surface area (Å²) in [6, 6.07) is 4.52. The van der Waals surface area contributed by atoms with Crippen LogP contribution in [0.1, 0.15) is 36.5 Å². The standard InChI is InChI=1S/2C21H23F2N9O9P2S2.C19H21F2N11O8P2S3/c2*22-10-8-3-36-42(34,44)40-14-9(39-19(11(14)23)31-5-27-12-7(24)1-2-26-16(12)31)4-37-43(35,45)41-15(10)20(38-8)32-6-28-13-17(32)29-21(25)30-18(13)33;20-8-7-4-37-42(35,44)39-12-6(38-17(9(12)21)31-14-10(27-29-31)5(22)1-2-24-14)3-36-41(34,43)40-13(8)18(45-7)32-15-11(28-30-32)16(33)26-19(23)25-15/h2*1-2,5-6,8-11,14-15,19-20H,3-4H2,(H2,24,26)(H,34,44)(H,35,45)(H3,25,29,30,33);1-2,6-9,12-13,17-18H,3-4H2,(H2,22,24)(H,34,43)(H,35,44)(H3,23,25,26,33)/t2*8-,9-,10-,11+,14-,15-,19-,20-,42?,43?;6-,7-,8-,9+,12-,13-,17-,18-,41?,42?/m111/s1. The Morgan fingerprint density at radius 1 is 0.378 bits per heavy atom. The molecule has 0 aromatic carbocycles. The van der Waals surface area contributed by atoms with Crippen LogP contribution in [0.4, 0.5) is 61.2 Å². The fraction of sp³-hybridized carbons (Fsp3) is 0.492. The summed E-state index contributed by atoms with van der Waals surface area (Å²) in [5, 5.41) is 13.2. The van der Waals surface area contributed by atoms with E-state index in [1.165, 1.54) is 58.6 Å². The number of anilines is 6. The molecule has 12 aromatic rings. The number of fused-ring (bicyclic) bond motifs is 15. The van der Waals surface area contributed by atoms with Crippen LogP contribution in [0.2, 0.25) is 0 Å². The highest BCUT2D eigenvalue weighted by molar-refractivity contribution is 8.44. The number of hydrogen-bond donors (Lipinski definition) is 15. The molecule has 9 saturated heterocycles. The first-order valence-corrected chi connectivity index (χ1v) is 55.4. The van der Waals surface area contributed by atoms with Crippen molar-refractivity contribution in [3.63, 3.8) is 0 Å². The van der Waals surface area contributed by atoms with Gasteiger partial charge in [0.05, 0.1) is 87.3 Å². The number of alkyl halides is 6. The van der Waals surface area contributed by atoms with Crippen molar-refractivity contribution in [1.29, 1.82) is 0 Å². The molecule has 0 amide bonds. The molecule has 55 nitrogen and oxygen atoms in total. The summed E-state index contributed by atoms with van der Waals surface area (Å²) in [5.74, 6) is -0.764. The van der Waals surface area contributed by atoms with E-state index in [0.717, 1.165) is 42.9 Å². The maximum atomic E-state index is 16.0. The number of pyridine rings is 3. The summed E-state index contributed by atoms with van der Waals surface area (Å²) in [4.78, 5) is 140. The summed E-state index contributed by atoms with van der Waals surface area (Å²) in [5.41, 5.74) is 34.1. The van der Waals surface area contributed by atoms with Crippen molar-refractivity contribution < 1.29 is 133 Å². The van der Waals surface area contributed by atoms with E-state index in [-0.39, 0.29) is 79.5 Å². The molecule has 0 spiro atoms. The first kappa shape index (κ1) is 96.3. The zero-order valence-corrected chi connectivity index (χ0v) is 78.1. The molecule has 6 bridgehead atoms. The Kier molecular flexibility index (Phi) is 26.3. The van der Waals surface area contributed by atoms with E-state index < -0.39 is 243 Å². The quantitative estimate of drug-likeness (QED) is 0.0639. The van der Waals surface area contributed by atoms with Crippen LogP contribution in [0.3, 0.4) is 0 Å². The van der Waals surface area contributed by atoms with Crippen LogP contribution in [0.15, 0.2) is 76.5 Å². The lowest BCUT2D eigenvalue weighted by molar-refractivity contribution is -0.0599.